The Morgan fingerprint density at radius 1 is 0.403 bits per heavy atom. The van der Waals surface area contributed by atoms with E-state index in [-0.39, 0.29) is 0 Å². The average Bonchev–Trinajstić information content (AvgIpc) is 4.21. The van der Waals surface area contributed by atoms with Gasteiger partial charge >= 0.3 is 0 Å². The molecule has 72 heavy (non-hydrogen) atoms. The molecular formula is C64H36N6OS. The molecule has 5 heterocycles. The average molecular weight is 937 g/mol. The zero-order valence-electron chi connectivity index (χ0n) is 38.3. The van der Waals surface area contributed by atoms with Crippen LogP contribution in [0, 0.1) is 11.3 Å². The molecule has 0 spiro atoms. The van der Waals surface area contributed by atoms with Gasteiger partial charge in [0.15, 0.2) is 23.1 Å². The number of hydrogen-bond acceptors (Lipinski definition) is 6. The first-order valence-corrected chi connectivity index (χ1v) is 24.7. The number of para-hydroxylation sites is 3. The number of hydrogen-bond donors (Lipinski definition) is 0. The van der Waals surface area contributed by atoms with Gasteiger partial charge in [-0.15, -0.1) is 11.3 Å². The summed E-state index contributed by atoms with van der Waals surface area (Å²) in [5.41, 5.74) is 12.2. The Balaban J connectivity index is 1.06. The number of benzene rings is 10. The van der Waals surface area contributed by atoms with Crippen LogP contribution >= 0.6 is 11.3 Å². The Morgan fingerprint density at radius 3 is 1.68 bits per heavy atom. The van der Waals surface area contributed by atoms with Crippen molar-refractivity contribution < 1.29 is 4.42 Å². The van der Waals surface area contributed by atoms with E-state index >= 15 is 0 Å². The van der Waals surface area contributed by atoms with Crippen molar-refractivity contribution in [1.29, 1.82) is 5.26 Å². The largest absolute Gasteiger partial charge is 0.454 e. The van der Waals surface area contributed by atoms with E-state index in [1.807, 2.05) is 96.3 Å². The summed E-state index contributed by atoms with van der Waals surface area (Å²) < 4.78 is 14.2. The number of nitriles is 1. The van der Waals surface area contributed by atoms with Crippen LogP contribution in [0.15, 0.2) is 223 Å². The van der Waals surface area contributed by atoms with Gasteiger partial charge in [0.1, 0.15) is 17.3 Å². The van der Waals surface area contributed by atoms with Crippen LogP contribution in [-0.2, 0) is 0 Å². The van der Waals surface area contributed by atoms with E-state index < -0.39 is 0 Å². The van der Waals surface area contributed by atoms with Crippen LogP contribution in [0.4, 0.5) is 0 Å². The van der Waals surface area contributed by atoms with E-state index in [1.165, 1.54) is 20.2 Å². The standard InChI is InChI=1S/C64H36N6OS/c65-37-42-36-49(64-67-62(38-16-4-1-5-17-38)66-63(68-64)39-18-6-2-7-19-39)57-46-24-11-14-26-54(46)71-61(57)60(42)70-51-30-28-40(41-29-33-56-47(34-41)44-22-12-15-27-55(44)72-56)35-48(51)59-53(70)32-31-52-58(59)45-23-10-13-25-50(45)69(52)43-20-8-3-9-21-43/h1-36H. The summed E-state index contributed by atoms with van der Waals surface area (Å²) in [7, 11) is 0. The van der Waals surface area contributed by atoms with Crippen molar-refractivity contribution in [2.24, 2.45) is 0 Å². The van der Waals surface area contributed by atoms with E-state index in [0.717, 1.165) is 82.3 Å². The quantitative estimate of drug-likeness (QED) is 0.166. The van der Waals surface area contributed by atoms with Crippen LogP contribution in [0.2, 0.25) is 0 Å². The van der Waals surface area contributed by atoms with Gasteiger partial charge in [0.05, 0.1) is 27.6 Å². The maximum Gasteiger partial charge on any atom is 0.164 e. The van der Waals surface area contributed by atoms with Gasteiger partial charge < -0.3 is 13.6 Å². The molecule has 0 saturated heterocycles. The molecular weight excluding hydrogens is 901 g/mol. The lowest BCUT2D eigenvalue weighted by atomic mass is 9.99. The monoisotopic (exact) mass is 936 g/mol. The highest BCUT2D eigenvalue weighted by Crippen LogP contribution is 2.48. The molecule has 0 aliphatic rings. The molecule has 0 amide bonds. The van der Waals surface area contributed by atoms with Gasteiger partial charge in [-0.1, -0.05) is 146 Å². The van der Waals surface area contributed by atoms with Crippen LogP contribution < -0.4 is 0 Å². The lowest BCUT2D eigenvalue weighted by molar-refractivity contribution is 0.666. The van der Waals surface area contributed by atoms with Crippen molar-refractivity contribution in [3.8, 4) is 62.7 Å². The maximum absolute atomic E-state index is 11.6. The molecule has 0 unspecified atom stereocenters. The van der Waals surface area contributed by atoms with E-state index in [0.29, 0.717) is 45.5 Å². The molecule has 10 aromatic carbocycles. The van der Waals surface area contributed by atoms with E-state index in [4.69, 9.17) is 19.4 Å². The summed E-state index contributed by atoms with van der Waals surface area (Å²) in [6.45, 7) is 0. The molecule has 0 atom stereocenters. The molecule has 0 aliphatic heterocycles. The highest BCUT2D eigenvalue weighted by Gasteiger charge is 2.28. The lowest BCUT2D eigenvalue weighted by Crippen LogP contribution is -2.03. The van der Waals surface area contributed by atoms with Crippen LogP contribution in [0.5, 0.6) is 0 Å². The molecule has 5 aromatic heterocycles. The van der Waals surface area contributed by atoms with Gasteiger partial charge in [0, 0.05) is 74.9 Å². The third-order valence-electron chi connectivity index (χ3n) is 14.2. The van der Waals surface area contributed by atoms with Crippen molar-refractivity contribution in [3.05, 3.63) is 224 Å². The third kappa shape index (κ3) is 5.99. The van der Waals surface area contributed by atoms with Crippen LogP contribution in [0.1, 0.15) is 5.56 Å². The van der Waals surface area contributed by atoms with E-state index in [2.05, 4.69) is 149 Å². The molecule has 7 nitrogen and oxygen atoms in total. The highest BCUT2D eigenvalue weighted by atomic mass is 32.1. The van der Waals surface area contributed by atoms with Gasteiger partial charge in [0.25, 0.3) is 0 Å². The molecule has 0 bridgehead atoms. The van der Waals surface area contributed by atoms with Crippen LogP contribution in [0.25, 0.3) is 142 Å². The second-order valence-corrected chi connectivity index (χ2v) is 19.3. The Hall–Kier alpha value is -9.68. The molecule has 8 heteroatoms. The van der Waals surface area contributed by atoms with Gasteiger partial charge in [0.2, 0.25) is 0 Å². The molecule has 15 aromatic rings. The summed E-state index contributed by atoms with van der Waals surface area (Å²) >= 11 is 1.83. The number of furan rings is 1. The minimum atomic E-state index is 0.420. The molecule has 0 fully saturated rings. The summed E-state index contributed by atoms with van der Waals surface area (Å²) in [4.78, 5) is 15.4. The SMILES string of the molecule is N#Cc1cc(-c2nc(-c3ccccc3)nc(-c3ccccc3)n2)c2c(oc3ccccc32)c1-n1c2ccc(-c3ccc4sc5ccccc5c4c3)cc2c2c3c4ccccc4n(-c4ccccc4)c3ccc21. The van der Waals surface area contributed by atoms with Crippen molar-refractivity contribution in [2.75, 3.05) is 0 Å². The second-order valence-electron chi connectivity index (χ2n) is 18.2. The fourth-order valence-corrected chi connectivity index (χ4v) is 12.1. The summed E-state index contributed by atoms with van der Waals surface area (Å²) in [6.07, 6.45) is 0. The number of aromatic nitrogens is 5. The lowest BCUT2D eigenvalue weighted by Gasteiger charge is -2.14. The summed E-state index contributed by atoms with van der Waals surface area (Å²) in [5, 5.41) is 20.2. The number of thiophene rings is 1. The highest BCUT2D eigenvalue weighted by molar-refractivity contribution is 7.25. The first-order valence-electron chi connectivity index (χ1n) is 23.9. The van der Waals surface area contributed by atoms with Gasteiger partial charge in [-0.25, -0.2) is 15.0 Å². The zero-order valence-corrected chi connectivity index (χ0v) is 39.1. The first-order chi connectivity index (χ1) is 35.7. The molecule has 0 N–H and O–H groups in total. The van der Waals surface area contributed by atoms with E-state index in [1.54, 1.807) is 0 Å². The van der Waals surface area contributed by atoms with Gasteiger partial charge in [-0.2, -0.15) is 5.26 Å². The van der Waals surface area contributed by atoms with Gasteiger partial charge in [-0.05, 0) is 83.9 Å². The smallest absolute Gasteiger partial charge is 0.164 e. The minimum Gasteiger partial charge on any atom is -0.454 e. The fraction of sp³-hybridized carbons (Fsp3) is 0. The van der Waals surface area contributed by atoms with Crippen molar-refractivity contribution in [3.63, 3.8) is 0 Å². The predicted molar refractivity (Wildman–Crippen MR) is 295 cm³/mol. The molecule has 334 valence electrons. The van der Waals surface area contributed by atoms with Crippen molar-refractivity contribution >= 4 is 97.1 Å². The number of rotatable bonds is 6. The first kappa shape index (κ1) is 40.2. The van der Waals surface area contributed by atoms with Gasteiger partial charge in [-0.3, -0.25) is 0 Å². The molecule has 0 aliphatic carbocycles. The van der Waals surface area contributed by atoms with E-state index in [9.17, 15) is 5.26 Å². The summed E-state index contributed by atoms with van der Waals surface area (Å²) in [6, 6.07) is 78.5. The van der Waals surface area contributed by atoms with Crippen LogP contribution in [-0.4, -0.2) is 24.1 Å². The Morgan fingerprint density at radius 2 is 0.944 bits per heavy atom. The van der Waals surface area contributed by atoms with Crippen LogP contribution in [0.3, 0.4) is 0 Å². The summed E-state index contributed by atoms with van der Waals surface area (Å²) in [5.74, 6) is 1.51. The van der Waals surface area contributed by atoms with Crippen molar-refractivity contribution in [2.45, 2.75) is 0 Å². The Bertz CT molecular complexity index is 4690. The number of nitrogens with zero attached hydrogens (tertiary/aromatic N) is 6. The predicted octanol–water partition coefficient (Wildman–Crippen LogP) is 16.9. The third-order valence-corrected chi connectivity index (χ3v) is 15.3. The molecule has 0 radical (unpaired) electrons. The minimum absolute atomic E-state index is 0.420. The normalized spacial score (nSPS) is 11.9. The Kier molecular flexibility index (Phi) is 8.76. The maximum atomic E-state index is 11.6. The molecule has 0 saturated carbocycles. The topological polar surface area (TPSA) is 85.5 Å². The van der Waals surface area contributed by atoms with Crippen molar-refractivity contribution in [1.82, 2.24) is 24.1 Å². The zero-order chi connectivity index (χ0) is 47.4. The fourth-order valence-electron chi connectivity index (χ4n) is 11.1. The second kappa shape index (κ2) is 15.7. The number of fused-ring (bicyclic) bond motifs is 13. The Labute approximate surface area is 415 Å². The molecule has 15 rings (SSSR count).